The zero-order valence-corrected chi connectivity index (χ0v) is 11.7. The van der Waals surface area contributed by atoms with Crippen molar-refractivity contribution in [3.8, 4) is 0 Å². The molecular weight excluding hydrogens is 234 g/mol. The minimum Gasteiger partial charge on any atom is -0.351 e. The van der Waals surface area contributed by atoms with Gasteiger partial charge in [-0.2, -0.15) is 0 Å². The molecule has 0 aromatic heterocycles. The lowest BCUT2D eigenvalue weighted by Gasteiger charge is -1.93. The average molecular weight is 255 g/mol. The van der Waals surface area contributed by atoms with Gasteiger partial charge >= 0.3 is 0 Å². The van der Waals surface area contributed by atoms with Crippen molar-refractivity contribution >= 4 is 23.3 Å². The lowest BCUT2D eigenvalue weighted by Crippen LogP contribution is -2.06. The Labute approximate surface area is 107 Å². The van der Waals surface area contributed by atoms with Crippen LogP contribution < -0.4 is 0 Å². The zero-order valence-electron chi connectivity index (χ0n) is 10.9. The minimum absolute atomic E-state index is 0.611. The van der Waals surface area contributed by atoms with E-state index in [-0.39, 0.29) is 0 Å². The van der Waals surface area contributed by atoms with Gasteiger partial charge in [0.25, 0.3) is 0 Å². The molecule has 0 unspecified atom stereocenters. The van der Waals surface area contributed by atoms with Gasteiger partial charge < -0.3 is 4.90 Å². The molecule has 96 valence electrons. The van der Waals surface area contributed by atoms with Crippen molar-refractivity contribution in [1.29, 1.82) is 0 Å². The number of nitrogens with zero attached hydrogens (tertiary/aromatic N) is 1. The number of hydrogen-bond acceptors (Lipinski definition) is 2. The minimum atomic E-state index is -0.611. The van der Waals surface area contributed by atoms with Crippen molar-refractivity contribution in [2.45, 2.75) is 0 Å². The third kappa shape index (κ3) is 20.6. The van der Waals surface area contributed by atoms with E-state index in [4.69, 9.17) is 0 Å². The van der Waals surface area contributed by atoms with Crippen molar-refractivity contribution in [2.24, 2.45) is 0 Å². The van der Waals surface area contributed by atoms with E-state index in [0.717, 1.165) is 6.41 Å². The Morgan fingerprint density at radius 2 is 1.53 bits per heavy atom. The fourth-order valence-electron chi connectivity index (χ4n) is 0.589. The van der Waals surface area contributed by atoms with Crippen LogP contribution in [0.4, 0.5) is 0 Å². The molecule has 1 aromatic rings. The van der Waals surface area contributed by atoms with Crippen molar-refractivity contribution < 1.29 is 9.00 Å². The Kier molecular flexibility index (Phi) is 13.4. The summed E-state index contributed by atoms with van der Waals surface area (Å²) in [5, 5.41) is 0. The third-order valence-corrected chi connectivity index (χ3v) is 1.25. The second-order valence-corrected chi connectivity index (χ2v) is 4.91. The van der Waals surface area contributed by atoms with Crippen LogP contribution in [0.2, 0.25) is 0 Å². The number of carbonyl (C=O) groups excluding carboxylic acids is 1. The number of hydrogen-bond donors (Lipinski definition) is 0. The van der Waals surface area contributed by atoms with Gasteiger partial charge in [-0.1, -0.05) is 43.0 Å². The van der Waals surface area contributed by atoms with Gasteiger partial charge in [-0.3, -0.25) is 9.00 Å². The highest BCUT2D eigenvalue weighted by Gasteiger charge is 1.75. The molecule has 1 amide bonds. The maximum Gasteiger partial charge on any atom is 0.209 e. The van der Waals surface area contributed by atoms with Crippen LogP contribution >= 0.6 is 0 Å². The molecule has 4 heteroatoms. The Morgan fingerprint density at radius 3 is 1.71 bits per heavy atom. The standard InChI is InChI=1S/C8H8.C3H7NO.C2H6OS/c1-2-8-6-4-3-5-7-8;1-4(2)3-5;1-4(2)3/h2-7H,1H2;3H,1-2H3;1-2H3. The first-order chi connectivity index (χ1) is 7.93. The van der Waals surface area contributed by atoms with Crippen molar-refractivity contribution in [3.05, 3.63) is 42.5 Å². The molecule has 17 heavy (non-hydrogen) atoms. The second-order valence-electron chi connectivity index (χ2n) is 3.43. The van der Waals surface area contributed by atoms with Crippen LogP contribution in [0.25, 0.3) is 6.08 Å². The van der Waals surface area contributed by atoms with Crippen LogP contribution in [0.5, 0.6) is 0 Å². The van der Waals surface area contributed by atoms with E-state index in [2.05, 4.69) is 6.58 Å². The normalized spacial score (nSPS) is 8.06. The molecule has 0 fully saturated rings. The molecule has 0 aliphatic rings. The highest BCUT2D eigenvalue weighted by Crippen LogP contribution is 1.97. The first-order valence-electron chi connectivity index (χ1n) is 4.98. The predicted molar refractivity (Wildman–Crippen MR) is 76.3 cm³/mol. The average Bonchev–Trinajstić information content (AvgIpc) is 2.30. The van der Waals surface area contributed by atoms with E-state index in [1.54, 1.807) is 26.6 Å². The highest BCUT2D eigenvalue weighted by atomic mass is 32.2. The monoisotopic (exact) mass is 255 g/mol. The molecule has 1 rings (SSSR count). The molecule has 0 saturated heterocycles. The van der Waals surface area contributed by atoms with E-state index in [1.807, 2.05) is 36.4 Å². The van der Waals surface area contributed by atoms with Gasteiger partial charge in [0.05, 0.1) is 0 Å². The van der Waals surface area contributed by atoms with Crippen LogP contribution in [-0.2, 0) is 15.6 Å². The molecular formula is C13H21NO2S. The van der Waals surface area contributed by atoms with Crippen molar-refractivity contribution in [1.82, 2.24) is 4.90 Å². The van der Waals surface area contributed by atoms with Crippen LogP contribution in [0, 0.1) is 0 Å². The molecule has 1 aromatic carbocycles. The van der Waals surface area contributed by atoms with E-state index < -0.39 is 10.8 Å². The zero-order chi connectivity index (χ0) is 13.7. The van der Waals surface area contributed by atoms with Crippen LogP contribution in [0.1, 0.15) is 5.56 Å². The first kappa shape index (κ1) is 18.0. The van der Waals surface area contributed by atoms with Gasteiger partial charge in [0.1, 0.15) is 0 Å². The highest BCUT2D eigenvalue weighted by molar-refractivity contribution is 7.83. The van der Waals surface area contributed by atoms with Crippen LogP contribution in [0.15, 0.2) is 36.9 Å². The fourth-order valence-corrected chi connectivity index (χ4v) is 0.589. The van der Waals surface area contributed by atoms with Crippen LogP contribution in [-0.4, -0.2) is 42.1 Å². The fraction of sp³-hybridized carbons (Fsp3) is 0.308. The predicted octanol–water partition coefficient (Wildman–Crippen LogP) is 2.03. The van der Waals surface area contributed by atoms with Gasteiger partial charge in [0.2, 0.25) is 6.41 Å². The Balaban J connectivity index is 0. The summed E-state index contributed by atoms with van der Waals surface area (Å²) in [6.45, 7) is 3.63. The quantitative estimate of drug-likeness (QED) is 0.758. The van der Waals surface area contributed by atoms with Crippen molar-refractivity contribution in [2.75, 3.05) is 26.6 Å². The lowest BCUT2D eigenvalue weighted by atomic mass is 10.2. The SMILES string of the molecule is C=Cc1ccccc1.CN(C)C=O.CS(C)=O. The van der Waals surface area contributed by atoms with Gasteiger partial charge in [-0.15, -0.1) is 0 Å². The summed E-state index contributed by atoms with van der Waals surface area (Å²) in [6.07, 6.45) is 5.86. The van der Waals surface area contributed by atoms with E-state index in [1.165, 1.54) is 10.5 Å². The molecule has 0 aliphatic heterocycles. The summed E-state index contributed by atoms with van der Waals surface area (Å²) in [7, 11) is 2.76. The van der Waals surface area contributed by atoms with Gasteiger partial charge in [-0.05, 0) is 5.56 Å². The molecule has 0 aliphatic carbocycles. The van der Waals surface area contributed by atoms with Gasteiger partial charge in [0, 0.05) is 37.4 Å². The van der Waals surface area contributed by atoms with E-state index >= 15 is 0 Å². The first-order valence-corrected chi connectivity index (χ1v) is 6.95. The lowest BCUT2D eigenvalue weighted by molar-refractivity contribution is -0.115. The number of benzene rings is 1. The van der Waals surface area contributed by atoms with Gasteiger partial charge in [0.15, 0.2) is 0 Å². The number of amides is 1. The molecule has 0 saturated carbocycles. The summed E-state index contributed by atoms with van der Waals surface area (Å²) in [4.78, 5) is 10.9. The van der Waals surface area contributed by atoms with E-state index in [0.29, 0.717) is 0 Å². The maximum absolute atomic E-state index is 9.56. The van der Waals surface area contributed by atoms with E-state index in [9.17, 15) is 9.00 Å². The smallest absolute Gasteiger partial charge is 0.209 e. The van der Waals surface area contributed by atoms with Gasteiger partial charge in [-0.25, -0.2) is 0 Å². The van der Waals surface area contributed by atoms with Crippen LogP contribution in [0.3, 0.4) is 0 Å². The number of rotatable bonds is 2. The summed E-state index contributed by atoms with van der Waals surface area (Å²) >= 11 is 0. The third-order valence-electron chi connectivity index (χ3n) is 1.25. The molecule has 0 atom stereocenters. The topological polar surface area (TPSA) is 37.4 Å². The Bertz CT molecular complexity index is 319. The molecule has 3 nitrogen and oxygen atoms in total. The molecule has 0 heterocycles. The molecule has 0 radical (unpaired) electrons. The summed E-state index contributed by atoms with van der Waals surface area (Å²) in [5.41, 5.74) is 1.17. The number of carbonyl (C=O) groups is 1. The maximum atomic E-state index is 9.56. The summed E-state index contributed by atoms with van der Waals surface area (Å²) < 4.78 is 9.56. The molecule has 0 spiro atoms. The summed E-state index contributed by atoms with van der Waals surface area (Å²) in [6, 6.07) is 10.0. The second kappa shape index (κ2) is 12.6. The summed E-state index contributed by atoms with van der Waals surface area (Å²) in [5.74, 6) is 0. The Morgan fingerprint density at radius 1 is 1.18 bits per heavy atom. The molecule has 0 N–H and O–H groups in total. The van der Waals surface area contributed by atoms with Crippen molar-refractivity contribution in [3.63, 3.8) is 0 Å². The Hall–Kier alpha value is -1.42. The largest absolute Gasteiger partial charge is 0.351 e. The molecule has 0 bridgehead atoms.